The lowest BCUT2D eigenvalue weighted by atomic mass is 9.84. The minimum Gasteiger partial charge on any atom is -0.353 e. The van der Waals surface area contributed by atoms with Gasteiger partial charge in [0.25, 0.3) is 0 Å². The summed E-state index contributed by atoms with van der Waals surface area (Å²) in [5.74, 6) is 0.739. The van der Waals surface area contributed by atoms with Gasteiger partial charge in [-0.1, -0.05) is 27.7 Å². The zero-order valence-corrected chi connectivity index (χ0v) is 11.4. The Morgan fingerprint density at radius 2 is 2.06 bits per heavy atom. The quantitative estimate of drug-likeness (QED) is 0.708. The summed E-state index contributed by atoms with van der Waals surface area (Å²) in [7, 11) is 0. The molecule has 0 aromatic carbocycles. The van der Waals surface area contributed by atoms with E-state index in [-0.39, 0.29) is 6.29 Å². The van der Waals surface area contributed by atoms with Gasteiger partial charge < -0.3 is 9.47 Å². The van der Waals surface area contributed by atoms with Gasteiger partial charge in [0.05, 0.1) is 0 Å². The van der Waals surface area contributed by atoms with Crippen molar-refractivity contribution in [2.45, 2.75) is 66.1 Å². The zero-order chi connectivity index (χ0) is 12.0. The predicted octanol–water partition coefficient (Wildman–Crippen LogP) is 3.99. The molecular formula is C14H28O2. The Morgan fingerprint density at radius 1 is 1.31 bits per heavy atom. The average molecular weight is 228 g/mol. The lowest BCUT2D eigenvalue weighted by Gasteiger charge is -2.25. The van der Waals surface area contributed by atoms with Gasteiger partial charge in [-0.3, -0.25) is 0 Å². The molecule has 1 saturated heterocycles. The molecular weight excluding hydrogens is 200 g/mol. The van der Waals surface area contributed by atoms with Crippen LogP contribution in [0.1, 0.15) is 59.8 Å². The minimum atomic E-state index is 0.0792. The molecule has 0 saturated carbocycles. The Morgan fingerprint density at radius 3 is 2.62 bits per heavy atom. The molecule has 1 fully saturated rings. The van der Waals surface area contributed by atoms with Crippen LogP contribution in [0, 0.1) is 11.3 Å². The highest BCUT2D eigenvalue weighted by Crippen LogP contribution is 2.26. The van der Waals surface area contributed by atoms with Crippen LogP contribution in [0.25, 0.3) is 0 Å². The van der Waals surface area contributed by atoms with Crippen LogP contribution in [0.3, 0.4) is 0 Å². The van der Waals surface area contributed by atoms with Crippen molar-refractivity contribution in [3.63, 3.8) is 0 Å². The molecule has 1 aliphatic rings. The van der Waals surface area contributed by atoms with Gasteiger partial charge in [-0.2, -0.15) is 0 Å². The van der Waals surface area contributed by atoms with E-state index in [0.29, 0.717) is 5.41 Å². The first kappa shape index (κ1) is 14.0. The second-order valence-electron chi connectivity index (χ2n) is 6.33. The first-order chi connectivity index (χ1) is 7.47. The van der Waals surface area contributed by atoms with Gasteiger partial charge in [-0.15, -0.1) is 0 Å². The number of hydrogen-bond acceptors (Lipinski definition) is 2. The summed E-state index contributed by atoms with van der Waals surface area (Å²) >= 11 is 0. The molecule has 16 heavy (non-hydrogen) atoms. The normalized spacial score (nSPS) is 24.4. The van der Waals surface area contributed by atoms with Crippen LogP contribution in [0.5, 0.6) is 0 Å². The van der Waals surface area contributed by atoms with E-state index >= 15 is 0 Å². The summed E-state index contributed by atoms with van der Waals surface area (Å²) in [4.78, 5) is 0. The van der Waals surface area contributed by atoms with E-state index in [1.54, 1.807) is 0 Å². The molecule has 0 spiro atoms. The van der Waals surface area contributed by atoms with Gasteiger partial charge in [-0.25, -0.2) is 0 Å². The van der Waals surface area contributed by atoms with Crippen LogP contribution in [-0.4, -0.2) is 19.5 Å². The fraction of sp³-hybridized carbons (Fsp3) is 1.00. The third-order valence-corrected chi connectivity index (χ3v) is 3.01. The maximum Gasteiger partial charge on any atom is 0.157 e. The molecule has 0 bridgehead atoms. The molecule has 2 nitrogen and oxygen atoms in total. The van der Waals surface area contributed by atoms with E-state index in [0.717, 1.165) is 32.0 Å². The largest absolute Gasteiger partial charge is 0.353 e. The summed E-state index contributed by atoms with van der Waals surface area (Å²) in [6.45, 7) is 10.9. The molecule has 2 atom stereocenters. The lowest BCUT2D eigenvalue weighted by Crippen LogP contribution is -2.23. The van der Waals surface area contributed by atoms with E-state index in [4.69, 9.17) is 9.47 Å². The highest BCUT2D eigenvalue weighted by Gasteiger charge is 2.17. The Kier molecular flexibility index (Phi) is 5.77. The number of ether oxygens (including phenoxy) is 2. The molecule has 1 rings (SSSR count). The van der Waals surface area contributed by atoms with Gasteiger partial charge in [0.1, 0.15) is 0 Å². The Hall–Kier alpha value is -0.0800. The van der Waals surface area contributed by atoms with E-state index in [1.165, 1.54) is 19.3 Å². The average Bonchev–Trinajstić information content (AvgIpc) is 2.16. The molecule has 0 aliphatic carbocycles. The fourth-order valence-electron chi connectivity index (χ4n) is 2.39. The summed E-state index contributed by atoms with van der Waals surface area (Å²) in [6, 6.07) is 0. The first-order valence-electron chi connectivity index (χ1n) is 6.70. The van der Waals surface area contributed by atoms with Crippen molar-refractivity contribution in [2.24, 2.45) is 11.3 Å². The molecule has 0 aromatic rings. The van der Waals surface area contributed by atoms with Gasteiger partial charge in [0.15, 0.2) is 6.29 Å². The van der Waals surface area contributed by atoms with Crippen molar-refractivity contribution in [1.82, 2.24) is 0 Å². The van der Waals surface area contributed by atoms with Crippen molar-refractivity contribution in [3.8, 4) is 0 Å². The van der Waals surface area contributed by atoms with Crippen LogP contribution in [-0.2, 0) is 9.47 Å². The second-order valence-corrected chi connectivity index (χ2v) is 6.33. The lowest BCUT2D eigenvalue weighted by molar-refractivity contribution is -0.164. The Bertz CT molecular complexity index is 178. The van der Waals surface area contributed by atoms with Crippen molar-refractivity contribution < 1.29 is 9.47 Å². The smallest absolute Gasteiger partial charge is 0.157 e. The van der Waals surface area contributed by atoms with Crippen molar-refractivity contribution in [2.75, 3.05) is 13.2 Å². The maximum atomic E-state index is 5.75. The second kappa shape index (κ2) is 6.61. The maximum absolute atomic E-state index is 5.75. The van der Waals surface area contributed by atoms with Crippen LogP contribution < -0.4 is 0 Å². The van der Waals surface area contributed by atoms with E-state index in [2.05, 4.69) is 27.7 Å². The zero-order valence-electron chi connectivity index (χ0n) is 11.4. The van der Waals surface area contributed by atoms with Gasteiger partial charge in [0.2, 0.25) is 0 Å². The third-order valence-electron chi connectivity index (χ3n) is 3.01. The molecule has 96 valence electrons. The highest BCUT2D eigenvalue weighted by atomic mass is 16.7. The van der Waals surface area contributed by atoms with Crippen LogP contribution in [0.4, 0.5) is 0 Å². The molecule has 1 aliphatic heterocycles. The molecule has 1 heterocycles. The molecule has 0 radical (unpaired) electrons. The van der Waals surface area contributed by atoms with Crippen molar-refractivity contribution >= 4 is 0 Å². The Balaban J connectivity index is 2.05. The van der Waals surface area contributed by atoms with Crippen LogP contribution >= 0.6 is 0 Å². The molecule has 2 unspecified atom stereocenters. The van der Waals surface area contributed by atoms with Crippen molar-refractivity contribution in [3.05, 3.63) is 0 Å². The van der Waals surface area contributed by atoms with E-state index in [9.17, 15) is 0 Å². The van der Waals surface area contributed by atoms with E-state index < -0.39 is 0 Å². The SMILES string of the molecule is CC(CCOC1CCCCO1)CC(C)(C)C. The van der Waals surface area contributed by atoms with Gasteiger partial charge >= 0.3 is 0 Å². The summed E-state index contributed by atoms with van der Waals surface area (Å²) in [5.41, 5.74) is 0.431. The summed E-state index contributed by atoms with van der Waals surface area (Å²) in [5, 5.41) is 0. The summed E-state index contributed by atoms with van der Waals surface area (Å²) < 4.78 is 11.3. The summed E-state index contributed by atoms with van der Waals surface area (Å²) in [6.07, 6.45) is 6.02. The molecule has 0 aromatic heterocycles. The van der Waals surface area contributed by atoms with Crippen LogP contribution in [0.15, 0.2) is 0 Å². The van der Waals surface area contributed by atoms with Gasteiger partial charge in [0, 0.05) is 13.2 Å². The first-order valence-corrected chi connectivity index (χ1v) is 6.70. The topological polar surface area (TPSA) is 18.5 Å². The number of hydrogen-bond donors (Lipinski definition) is 0. The molecule has 0 N–H and O–H groups in total. The third kappa shape index (κ3) is 6.49. The monoisotopic (exact) mass is 228 g/mol. The Labute approximate surface area is 101 Å². The molecule has 0 amide bonds. The predicted molar refractivity (Wildman–Crippen MR) is 67.4 cm³/mol. The number of rotatable bonds is 5. The highest BCUT2D eigenvalue weighted by molar-refractivity contribution is 4.66. The van der Waals surface area contributed by atoms with Gasteiger partial charge in [-0.05, 0) is 43.4 Å². The minimum absolute atomic E-state index is 0.0792. The fourth-order valence-corrected chi connectivity index (χ4v) is 2.39. The van der Waals surface area contributed by atoms with Crippen molar-refractivity contribution in [1.29, 1.82) is 0 Å². The van der Waals surface area contributed by atoms with Crippen LogP contribution in [0.2, 0.25) is 0 Å². The standard InChI is InChI=1S/C14H28O2/c1-12(11-14(2,3)4)8-10-16-13-7-5-6-9-15-13/h12-13H,5-11H2,1-4H3. The molecule has 2 heteroatoms. The van der Waals surface area contributed by atoms with E-state index in [1.807, 2.05) is 0 Å².